The number of ether oxygens (including phenoxy) is 1. The number of aromatic nitrogens is 3. The molecule has 1 saturated heterocycles. The van der Waals surface area contributed by atoms with Crippen molar-refractivity contribution in [3.63, 3.8) is 0 Å². The summed E-state index contributed by atoms with van der Waals surface area (Å²) in [5.74, 6) is -0.0751. The number of benzene rings is 3. The number of para-hydroxylation sites is 1. The first kappa shape index (κ1) is 21.3. The Morgan fingerprint density at radius 3 is 2.42 bits per heavy atom. The van der Waals surface area contributed by atoms with Gasteiger partial charge in [0.25, 0.3) is 5.91 Å². The van der Waals surface area contributed by atoms with Crippen molar-refractivity contribution in [3.8, 4) is 0 Å². The van der Waals surface area contributed by atoms with Gasteiger partial charge in [-0.3, -0.25) is 9.69 Å². The van der Waals surface area contributed by atoms with E-state index in [0.29, 0.717) is 18.7 Å². The molecule has 1 amide bonds. The molecule has 0 atom stereocenters. The number of nitrogens with one attached hydrogen (secondary N) is 1. The Balaban J connectivity index is 1.20. The molecule has 0 unspecified atom stereocenters. The second-order valence-corrected chi connectivity index (χ2v) is 8.27. The molecule has 7 heteroatoms. The van der Waals surface area contributed by atoms with Gasteiger partial charge in [0.15, 0.2) is 0 Å². The van der Waals surface area contributed by atoms with E-state index in [-0.39, 0.29) is 5.91 Å². The van der Waals surface area contributed by atoms with Gasteiger partial charge in [-0.1, -0.05) is 53.7 Å². The van der Waals surface area contributed by atoms with Crippen LogP contribution in [0.3, 0.4) is 0 Å². The fourth-order valence-electron chi connectivity index (χ4n) is 4.13. The summed E-state index contributed by atoms with van der Waals surface area (Å²) in [6.45, 7) is 5.43. The third-order valence-electron chi connectivity index (χ3n) is 6.02. The average Bonchev–Trinajstić information content (AvgIpc) is 3.27. The van der Waals surface area contributed by atoms with Gasteiger partial charge in [-0.15, -0.1) is 5.10 Å². The lowest BCUT2D eigenvalue weighted by molar-refractivity contribution is 0.0340. The zero-order valence-corrected chi connectivity index (χ0v) is 18.5. The molecule has 5 rings (SSSR count). The number of nitrogens with zero attached hydrogens (tertiary/aromatic N) is 4. The van der Waals surface area contributed by atoms with Gasteiger partial charge in [0.2, 0.25) is 0 Å². The summed E-state index contributed by atoms with van der Waals surface area (Å²) in [4.78, 5) is 15.1. The van der Waals surface area contributed by atoms with E-state index in [0.717, 1.165) is 55.0 Å². The predicted molar refractivity (Wildman–Crippen MR) is 127 cm³/mol. The maximum atomic E-state index is 12.8. The number of carbonyl (C=O) groups excluding carboxylic acids is 1. The Bertz CT molecular complexity index is 1230. The fraction of sp³-hybridized carbons (Fsp3) is 0.269. The molecule has 0 bridgehead atoms. The Morgan fingerprint density at radius 2 is 1.61 bits per heavy atom. The average molecular weight is 442 g/mol. The van der Waals surface area contributed by atoms with Crippen LogP contribution in [0.5, 0.6) is 0 Å². The minimum atomic E-state index is -0.0751. The predicted octanol–water partition coefficient (Wildman–Crippen LogP) is 3.24. The molecule has 4 aromatic rings. The summed E-state index contributed by atoms with van der Waals surface area (Å²) >= 11 is 0. The molecule has 0 radical (unpaired) electrons. The molecule has 168 valence electrons. The van der Waals surface area contributed by atoms with Crippen LogP contribution in [0.2, 0.25) is 0 Å². The molecule has 33 heavy (non-hydrogen) atoms. The van der Waals surface area contributed by atoms with Crippen LogP contribution in [-0.2, 0) is 24.4 Å². The van der Waals surface area contributed by atoms with Gasteiger partial charge < -0.3 is 10.1 Å². The Kier molecular flexibility index (Phi) is 6.41. The van der Waals surface area contributed by atoms with Crippen molar-refractivity contribution < 1.29 is 9.53 Å². The Labute approximate surface area is 193 Å². The quantitative estimate of drug-likeness (QED) is 0.477. The van der Waals surface area contributed by atoms with Crippen LogP contribution in [0, 0.1) is 0 Å². The highest BCUT2D eigenvalue weighted by atomic mass is 16.5. The highest BCUT2D eigenvalue weighted by molar-refractivity contribution is 5.94. The molecule has 1 aliphatic rings. The van der Waals surface area contributed by atoms with E-state index in [1.165, 1.54) is 5.56 Å². The van der Waals surface area contributed by atoms with Gasteiger partial charge in [-0.2, -0.15) is 0 Å². The van der Waals surface area contributed by atoms with Crippen LogP contribution in [0.1, 0.15) is 27.0 Å². The maximum Gasteiger partial charge on any atom is 0.251 e. The molecule has 2 heterocycles. The van der Waals surface area contributed by atoms with Crippen LogP contribution in [0.25, 0.3) is 11.0 Å². The lowest BCUT2D eigenvalue weighted by atomic mass is 10.1. The smallest absolute Gasteiger partial charge is 0.251 e. The van der Waals surface area contributed by atoms with E-state index >= 15 is 0 Å². The zero-order valence-electron chi connectivity index (χ0n) is 18.5. The number of carbonyl (C=O) groups is 1. The van der Waals surface area contributed by atoms with E-state index in [4.69, 9.17) is 4.74 Å². The molecule has 0 aliphatic carbocycles. The van der Waals surface area contributed by atoms with Crippen molar-refractivity contribution in [1.82, 2.24) is 25.2 Å². The molecule has 1 N–H and O–H groups in total. The molecule has 1 aromatic heterocycles. The van der Waals surface area contributed by atoms with E-state index in [2.05, 4.69) is 38.7 Å². The monoisotopic (exact) mass is 441 g/mol. The van der Waals surface area contributed by atoms with Crippen molar-refractivity contribution in [2.24, 2.45) is 0 Å². The molecular weight excluding hydrogens is 414 g/mol. The molecular formula is C26H27N5O2. The third-order valence-corrected chi connectivity index (χ3v) is 6.02. The van der Waals surface area contributed by atoms with Crippen molar-refractivity contribution in [3.05, 3.63) is 95.1 Å². The highest BCUT2D eigenvalue weighted by Crippen LogP contribution is 2.15. The molecule has 3 aromatic carbocycles. The van der Waals surface area contributed by atoms with Gasteiger partial charge in [0, 0.05) is 31.7 Å². The van der Waals surface area contributed by atoms with Crippen LogP contribution in [0.15, 0.2) is 72.8 Å². The first-order valence-corrected chi connectivity index (χ1v) is 11.3. The molecule has 1 aliphatic heterocycles. The zero-order chi connectivity index (χ0) is 22.5. The third kappa shape index (κ3) is 5.10. The van der Waals surface area contributed by atoms with Gasteiger partial charge in [0.1, 0.15) is 5.52 Å². The van der Waals surface area contributed by atoms with Gasteiger partial charge in [-0.05, 0) is 41.0 Å². The summed E-state index contributed by atoms with van der Waals surface area (Å²) in [6, 6.07) is 23.9. The Morgan fingerprint density at radius 1 is 0.879 bits per heavy atom. The van der Waals surface area contributed by atoms with Crippen molar-refractivity contribution in [1.29, 1.82) is 0 Å². The first-order valence-electron chi connectivity index (χ1n) is 11.3. The number of morpholine rings is 1. The molecule has 1 fully saturated rings. The van der Waals surface area contributed by atoms with Crippen LogP contribution in [-0.4, -0.2) is 52.1 Å². The molecule has 7 nitrogen and oxygen atoms in total. The van der Waals surface area contributed by atoms with E-state index < -0.39 is 0 Å². The van der Waals surface area contributed by atoms with Crippen LogP contribution >= 0.6 is 0 Å². The van der Waals surface area contributed by atoms with Crippen LogP contribution < -0.4 is 5.32 Å². The van der Waals surface area contributed by atoms with Crippen molar-refractivity contribution in [2.75, 3.05) is 26.3 Å². The minimum absolute atomic E-state index is 0.0751. The number of amides is 1. The summed E-state index contributed by atoms with van der Waals surface area (Å²) in [5, 5.41) is 11.5. The summed E-state index contributed by atoms with van der Waals surface area (Å²) in [6.07, 6.45) is 0. The lowest BCUT2D eigenvalue weighted by Crippen LogP contribution is -2.36. The normalized spacial score (nSPS) is 14.4. The van der Waals surface area contributed by atoms with Crippen LogP contribution in [0.4, 0.5) is 0 Å². The fourth-order valence-corrected chi connectivity index (χ4v) is 4.13. The van der Waals surface area contributed by atoms with Crippen molar-refractivity contribution in [2.45, 2.75) is 19.6 Å². The second-order valence-electron chi connectivity index (χ2n) is 8.27. The topological polar surface area (TPSA) is 72.3 Å². The Hall–Kier alpha value is -3.55. The molecule has 0 saturated carbocycles. The lowest BCUT2D eigenvalue weighted by Gasteiger charge is -2.27. The van der Waals surface area contributed by atoms with E-state index in [9.17, 15) is 4.79 Å². The number of hydrogen-bond donors (Lipinski definition) is 1. The summed E-state index contributed by atoms with van der Waals surface area (Å²) < 4.78 is 7.32. The number of rotatable bonds is 7. The standard InChI is InChI=1S/C26H27N5O2/c32-26(27-17-22-5-1-2-6-23(22)19-30-13-15-33-16-14-30)21-11-9-20(10-12-21)18-31-25-8-4-3-7-24(25)28-29-31/h1-12H,13-19H2,(H,27,32). The molecule has 0 spiro atoms. The largest absolute Gasteiger partial charge is 0.379 e. The van der Waals surface area contributed by atoms with Gasteiger partial charge in [-0.25, -0.2) is 4.68 Å². The minimum Gasteiger partial charge on any atom is -0.379 e. The SMILES string of the molecule is O=C(NCc1ccccc1CN1CCOCC1)c1ccc(Cn2nnc3ccccc32)cc1. The van der Waals surface area contributed by atoms with Gasteiger partial charge >= 0.3 is 0 Å². The summed E-state index contributed by atoms with van der Waals surface area (Å²) in [5.41, 5.74) is 5.98. The number of hydrogen-bond acceptors (Lipinski definition) is 5. The first-order chi connectivity index (χ1) is 16.3. The second kappa shape index (κ2) is 9.94. The highest BCUT2D eigenvalue weighted by Gasteiger charge is 2.13. The number of fused-ring (bicyclic) bond motifs is 1. The summed E-state index contributed by atoms with van der Waals surface area (Å²) in [7, 11) is 0. The maximum absolute atomic E-state index is 12.8. The van der Waals surface area contributed by atoms with Gasteiger partial charge in [0.05, 0.1) is 25.3 Å². The van der Waals surface area contributed by atoms with E-state index in [1.54, 1.807) is 0 Å². The van der Waals surface area contributed by atoms with E-state index in [1.807, 2.05) is 59.3 Å². The van der Waals surface area contributed by atoms with Crippen molar-refractivity contribution >= 4 is 16.9 Å².